The highest BCUT2D eigenvalue weighted by atomic mass is 35.5. The van der Waals surface area contributed by atoms with Gasteiger partial charge in [-0.3, -0.25) is 9.59 Å². The first-order valence-electron chi connectivity index (χ1n) is 8.13. The zero-order valence-corrected chi connectivity index (χ0v) is 16.3. The maximum Gasteiger partial charge on any atom is 0.430 e. The summed E-state index contributed by atoms with van der Waals surface area (Å²) in [5, 5.41) is 17.9. The van der Waals surface area contributed by atoms with Crippen molar-refractivity contribution in [2.45, 2.75) is 24.5 Å². The quantitative estimate of drug-likeness (QED) is 0.408. The second kappa shape index (κ2) is 7.28. The van der Waals surface area contributed by atoms with Crippen molar-refractivity contribution in [1.82, 2.24) is 4.57 Å². The van der Waals surface area contributed by atoms with Crippen LogP contribution < -0.4 is 5.43 Å². The average molecular weight is 488 g/mol. The third kappa shape index (κ3) is 3.50. The molecule has 31 heavy (non-hydrogen) atoms. The van der Waals surface area contributed by atoms with E-state index in [1.807, 2.05) is 0 Å². The first kappa shape index (κ1) is 23.2. The molecule has 0 atom stereocenters. The Morgan fingerprint density at radius 3 is 2.03 bits per heavy atom. The Kier molecular flexibility index (Phi) is 5.44. The number of aliphatic carboxylic acids is 1. The number of carboxylic acids is 1. The Bertz CT molecular complexity index is 1270. The molecule has 0 aliphatic heterocycles. The van der Waals surface area contributed by atoms with Gasteiger partial charge in [0.05, 0.1) is 21.1 Å². The summed E-state index contributed by atoms with van der Waals surface area (Å²) in [6.07, 6.45) is -12.3. The molecule has 1 aromatic heterocycles. The molecule has 5 nitrogen and oxygen atoms in total. The van der Waals surface area contributed by atoms with Crippen molar-refractivity contribution in [2.75, 3.05) is 0 Å². The second-order valence-electron chi connectivity index (χ2n) is 6.50. The van der Waals surface area contributed by atoms with E-state index >= 15 is 0 Å². The number of carbonyl (C=O) groups is 1. The van der Waals surface area contributed by atoms with Crippen LogP contribution in [0.2, 0.25) is 10.0 Å². The molecule has 0 saturated carbocycles. The summed E-state index contributed by atoms with van der Waals surface area (Å²) >= 11 is 12.0. The number of aromatic nitrogens is 1. The van der Waals surface area contributed by atoms with Crippen LogP contribution in [0.1, 0.15) is 5.56 Å². The number of nitrogens with zero attached hydrogens (tertiary/aromatic N) is 1. The lowest BCUT2D eigenvalue weighted by atomic mass is 9.91. The highest BCUT2D eigenvalue weighted by molar-refractivity contribution is 6.45. The molecule has 0 amide bonds. The van der Waals surface area contributed by atoms with E-state index < -0.39 is 47.0 Å². The van der Waals surface area contributed by atoms with Crippen LogP contribution in [0.4, 0.5) is 26.3 Å². The number of pyridine rings is 1. The number of carboxylic acid groups (broad SMARTS) is 1. The number of rotatable bonds is 3. The van der Waals surface area contributed by atoms with E-state index in [0.717, 1.165) is 4.57 Å². The highest BCUT2D eigenvalue weighted by Gasteiger charge is 2.71. The number of hydrogen-bond donors (Lipinski definition) is 2. The van der Waals surface area contributed by atoms with Gasteiger partial charge >= 0.3 is 18.3 Å². The van der Waals surface area contributed by atoms with E-state index in [4.69, 9.17) is 23.2 Å². The van der Waals surface area contributed by atoms with Crippen molar-refractivity contribution in [2.24, 2.45) is 0 Å². The molecular weight excluding hydrogens is 479 g/mol. The number of alkyl halides is 6. The molecule has 1 heterocycles. The first-order valence-corrected chi connectivity index (χ1v) is 8.89. The maximum atomic E-state index is 13.3. The molecule has 0 aliphatic carbocycles. The Labute approximate surface area is 178 Å². The van der Waals surface area contributed by atoms with Crippen LogP contribution in [0.15, 0.2) is 35.1 Å². The number of fused-ring (bicyclic) bond motifs is 2. The van der Waals surface area contributed by atoms with Gasteiger partial charge in [0.15, 0.2) is 5.43 Å². The van der Waals surface area contributed by atoms with Gasteiger partial charge in [0, 0.05) is 16.3 Å². The fourth-order valence-corrected chi connectivity index (χ4v) is 3.63. The zero-order chi connectivity index (χ0) is 23.5. The summed E-state index contributed by atoms with van der Waals surface area (Å²) in [5.41, 5.74) is -8.68. The highest BCUT2D eigenvalue weighted by Crippen LogP contribution is 2.50. The third-order valence-electron chi connectivity index (χ3n) is 4.65. The van der Waals surface area contributed by atoms with Crippen LogP contribution in [0, 0.1) is 0 Å². The number of aliphatic hydroxyl groups is 1. The summed E-state index contributed by atoms with van der Waals surface area (Å²) in [6, 6.07) is 3.64. The van der Waals surface area contributed by atoms with Crippen LogP contribution in [-0.4, -0.2) is 33.1 Å². The summed E-state index contributed by atoms with van der Waals surface area (Å²) in [6.45, 7) is -0.979. The fraction of sp³-hybridized carbons (Fsp3) is 0.222. The Hall–Kier alpha value is -2.50. The van der Waals surface area contributed by atoms with Crippen molar-refractivity contribution in [3.63, 3.8) is 0 Å². The molecule has 0 saturated heterocycles. The molecule has 0 unspecified atom stereocenters. The third-order valence-corrected chi connectivity index (χ3v) is 5.44. The molecule has 2 aromatic carbocycles. The molecule has 0 fully saturated rings. The van der Waals surface area contributed by atoms with Gasteiger partial charge in [-0.25, -0.2) is 0 Å². The lowest BCUT2D eigenvalue weighted by Gasteiger charge is -2.33. The van der Waals surface area contributed by atoms with Crippen molar-refractivity contribution in [3.8, 4) is 0 Å². The molecule has 0 radical (unpaired) electrons. The minimum Gasteiger partial charge on any atom is -0.480 e. The topological polar surface area (TPSA) is 79.5 Å². The standard InChI is InChI=1S/C18H9Cl2F6NO4/c19-10-4-3-9-14(13(10)20)27(6-12(28)29)11-5-7(1-2-8(11)15(9)30)16(31,17(21,22)23)18(24,25)26/h1-5,31H,6H2,(H,28,29). The molecule has 3 rings (SSSR count). The van der Waals surface area contributed by atoms with Crippen molar-refractivity contribution in [3.05, 3.63) is 56.2 Å². The molecule has 13 heteroatoms. The minimum absolute atomic E-state index is 0.134. The van der Waals surface area contributed by atoms with Crippen molar-refractivity contribution in [1.29, 1.82) is 0 Å². The van der Waals surface area contributed by atoms with Crippen LogP contribution in [0.3, 0.4) is 0 Å². The number of benzene rings is 2. The smallest absolute Gasteiger partial charge is 0.430 e. The summed E-state index contributed by atoms with van der Waals surface area (Å²) < 4.78 is 80.4. The van der Waals surface area contributed by atoms with Gasteiger partial charge < -0.3 is 14.8 Å². The molecule has 2 N–H and O–H groups in total. The summed E-state index contributed by atoms with van der Waals surface area (Å²) in [7, 11) is 0. The predicted molar refractivity (Wildman–Crippen MR) is 99.4 cm³/mol. The first-order chi connectivity index (χ1) is 14.1. The Balaban J connectivity index is 2.55. The number of hydrogen-bond acceptors (Lipinski definition) is 3. The van der Waals surface area contributed by atoms with E-state index in [1.165, 1.54) is 12.1 Å². The van der Waals surface area contributed by atoms with Gasteiger partial charge in [-0.1, -0.05) is 29.3 Å². The largest absolute Gasteiger partial charge is 0.480 e. The molecular formula is C18H9Cl2F6NO4. The van der Waals surface area contributed by atoms with Gasteiger partial charge in [0.1, 0.15) is 6.54 Å². The number of halogens is 8. The van der Waals surface area contributed by atoms with Crippen LogP contribution in [0.5, 0.6) is 0 Å². The van der Waals surface area contributed by atoms with E-state index in [9.17, 15) is 46.1 Å². The van der Waals surface area contributed by atoms with E-state index in [1.54, 1.807) is 0 Å². The van der Waals surface area contributed by atoms with Gasteiger partial charge in [-0.15, -0.1) is 0 Å². The summed E-state index contributed by atoms with van der Waals surface area (Å²) in [5.74, 6) is -1.53. The van der Waals surface area contributed by atoms with Crippen molar-refractivity contribution < 1.29 is 41.4 Å². The molecule has 0 bridgehead atoms. The van der Waals surface area contributed by atoms with E-state index in [2.05, 4.69) is 0 Å². The average Bonchev–Trinajstić information content (AvgIpc) is 2.64. The maximum absolute atomic E-state index is 13.3. The monoisotopic (exact) mass is 487 g/mol. The van der Waals surface area contributed by atoms with Crippen molar-refractivity contribution >= 4 is 51.0 Å². The SMILES string of the molecule is O=C(O)Cn1c2cc(C(O)(C(F)(F)F)C(F)(F)F)ccc2c(=O)c2ccc(Cl)c(Cl)c21. The Morgan fingerprint density at radius 1 is 0.968 bits per heavy atom. The van der Waals surface area contributed by atoms with Crippen LogP contribution in [0.25, 0.3) is 21.8 Å². The fourth-order valence-electron chi connectivity index (χ4n) is 3.21. The lowest BCUT2D eigenvalue weighted by Crippen LogP contribution is -2.53. The van der Waals surface area contributed by atoms with E-state index in [-0.39, 0.29) is 32.4 Å². The lowest BCUT2D eigenvalue weighted by molar-refractivity contribution is -0.376. The predicted octanol–water partition coefficient (Wildman–Crippen LogP) is 4.86. The van der Waals surface area contributed by atoms with Crippen LogP contribution in [-0.2, 0) is 16.9 Å². The van der Waals surface area contributed by atoms with Gasteiger partial charge in [0.25, 0.3) is 5.60 Å². The molecule has 166 valence electrons. The zero-order valence-electron chi connectivity index (χ0n) is 14.8. The van der Waals surface area contributed by atoms with Gasteiger partial charge in [0.2, 0.25) is 0 Å². The second-order valence-corrected chi connectivity index (χ2v) is 7.29. The van der Waals surface area contributed by atoms with Gasteiger partial charge in [-0.2, -0.15) is 26.3 Å². The summed E-state index contributed by atoms with van der Waals surface area (Å²) in [4.78, 5) is 24.1. The molecule has 3 aromatic rings. The molecule has 0 spiro atoms. The van der Waals surface area contributed by atoms with Crippen LogP contribution >= 0.6 is 23.2 Å². The van der Waals surface area contributed by atoms with Gasteiger partial charge in [-0.05, 0) is 24.3 Å². The Morgan fingerprint density at radius 2 is 1.52 bits per heavy atom. The molecule has 0 aliphatic rings. The van der Waals surface area contributed by atoms with E-state index in [0.29, 0.717) is 12.1 Å². The normalized spacial score (nSPS) is 13.2. The minimum atomic E-state index is -6.17.